The fraction of sp³-hybridized carbons (Fsp3) is 0.286. The van der Waals surface area contributed by atoms with Gasteiger partial charge in [-0.15, -0.1) is 4.31 Å². The van der Waals surface area contributed by atoms with E-state index in [4.69, 9.17) is 4.52 Å². The van der Waals surface area contributed by atoms with Crippen molar-refractivity contribution in [1.82, 2.24) is 19.3 Å². The Morgan fingerprint density at radius 2 is 1.87 bits per heavy atom. The summed E-state index contributed by atoms with van der Waals surface area (Å²) in [4.78, 5) is 19.1. The van der Waals surface area contributed by atoms with Crippen LogP contribution in [0.2, 0.25) is 0 Å². The molecule has 9 heteroatoms. The van der Waals surface area contributed by atoms with Crippen LogP contribution in [-0.4, -0.2) is 56.0 Å². The maximum atomic E-state index is 13.0. The van der Waals surface area contributed by atoms with Crippen molar-refractivity contribution in [3.8, 4) is 11.3 Å². The highest BCUT2D eigenvalue weighted by atomic mass is 32.3. The zero-order valence-electron chi connectivity index (χ0n) is 16.8. The maximum Gasteiger partial charge on any atom is 0.253 e. The lowest BCUT2D eigenvalue weighted by atomic mass is 10.1. The number of piperazine rings is 1. The topological polar surface area (TPSA) is 103 Å². The van der Waals surface area contributed by atoms with Gasteiger partial charge in [-0.25, -0.2) is 0 Å². The highest BCUT2D eigenvalue weighted by Gasteiger charge is 2.39. The number of aryl methyl sites for hydroxylation is 2. The molecule has 0 bridgehead atoms. The molecule has 1 fully saturated rings. The summed E-state index contributed by atoms with van der Waals surface area (Å²) in [6.45, 7) is 4.26. The molecular formula is C21H22N4O4S. The molecule has 0 saturated carbocycles. The lowest BCUT2D eigenvalue weighted by molar-refractivity contribution is 0.0693. The van der Waals surface area contributed by atoms with E-state index in [1.165, 1.54) is 4.31 Å². The highest BCUT2D eigenvalue weighted by molar-refractivity contribution is 7.95. The predicted octanol–water partition coefficient (Wildman–Crippen LogP) is 2.72. The second-order valence-corrected chi connectivity index (χ2v) is 9.02. The number of hydrogen-bond acceptors (Lipinski definition) is 6. The summed E-state index contributed by atoms with van der Waals surface area (Å²) in [5.74, 6) is 0.152. The van der Waals surface area contributed by atoms with Gasteiger partial charge in [-0.1, -0.05) is 27.6 Å². The van der Waals surface area contributed by atoms with Crippen LogP contribution in [-0.2, 0) is 14.6 Å². The van der Waals surface area contributed by atoms with E-state index in [1.54, 1.807) is 31.0 Å². The maximum absolute atomic E-state index is 13.0. The Labute approximate surface area is 175 Å². The predicted molar refractivity (Wildman–Crippen MR) is 110 cm³/mol. The number of hydrogen-bond donors (Lipinski definition) is 0. The van der Waals surface area contributed by atoms with E-state index in [-0.39, 0.29) is 29.7 Å². The summed E-state index contributed by atoms with van der Waals surface area (Å²) >= 11 is 0. The molecule has 1 aliphatic rings. The number of benzene rings is 1. The van der Waals surface area contributed by atoms with Crippen molar-refractivity contribution in [2.45, 2.75) is 18.7 Å². The molecule has 0 spiro atoms. The Hall–Kier alpha value is -2.88. The minimum atomic E-state index is -3.71. The summed E-state index contributed by atoms with van der Waals surface area (Å²) in [6, 6.07) is 13.0. The van der Waals surface area contributed by atoms with E-state index >= 15 is 0 Å². The van der Waals surface area contributed by atoms with Crippen LogP contribution in [0.25, 0.3) is 11.3 Å². The van der Waals surface area contributed by atoms with E-state index in [0.29, 0.717) is 24.3 Å². The molecule has 1 aliphatic heterocycles. The summed E-state index contributed by atoms with van der Waals surface area (Å²) in [5, 5.41) is 3.74. The van der Waals surface area contributed by atoms with Crippen LogP contribution >= 0.6 is 0 Å². The second-order valence-electron chi connectivity index (χ2n) is 7.15. The van der Waals surface area contributed by atoms with E-state index in [0.717, 1.165) is 11.3 Å². The minimum absolute atomic E-state index is 0.116. The lowest BCUT2D eigenvalue weighted by Crippen LogP contribution is -2.52. The quantitative estimate of drug-likeness (QED) is 0.595. The van der Waals surface area contributed by atoms with Gasteiger partial charge < -0.3 is 14.0 Å². The van der Waals surface area contributed by atoms with E-state index in [1.807, 2.05) is 36.4 Å². The summed E-state index contributed by atoms with van der Waals surface area (Å²) in [5.41, 5.74) is 2.56. The van der Waals surface area contributed by atoms with Gasteiger partial charge in [0.2, 0.25) is 4.90 Å². The van der Waals surface area contributed by atoms with Gasteiger partial charge in [-0.3, -0.25) is 9.78 Å². The Kier molecular flexibility index (Phi) is 5.50. The van der Waals surface area contributed by atoms with Crippen LogP contribution in [0.1, 0.15) is 21.8 Å². The fourth-order valence-electron chi connectivity index (χ4n) is 3.63. The first-order chi connectivity index (χ1) is 14.4. The average molecular weight is 426 g/mol. The van der Waals surface area contributed by atoms with Crippen LogP contribution in [0.15, 0.2) is 58.1 Å². The number of sulfonamides is 1. The number of amides is 1. The SMILES string of the molecule is Cc1noc(C)c1[S+](=O)([O-])N1CCN(C(=O)c2cccc(-c3ccccn3)c2)CC1. The first-order valence-corrected chi connectivity index (χ1v) is 11.1. The molecule has 30 heavy (non-hydrogen) atoms. The summed E-state index contributed by atoms with van der Waals surface area (Å²) in [6.07, 6.45) is 1.71. The number of aromatic nitrogens is 2. The van der Waals surface area contributed by atoms with Crippen LogP contribution in [0.4, 0.5) is 0 Å². The van der Waals surface area contributed by atoms with Gasteiger partial charge in [-0.2, -0.15) is 0 Å². The fourth-order valence-corrected chi connectivity index (χ4v) is 5.34. The number of nitrogens with zero attached hydrogens (tertiary/aromatic N) is 4. The van der Waals surface area contributed by atoms with Crippen molar-refractivity contribution in [1.29, 1.82) is 0 Å². The molecule has 1 amide bonds. The van der Waals surface area contributed by atoms with Crippen LogP contribution in [0.3, 0.4) is 0 Å². The van der Waals surface area contributed by atoms with Gasteiger partial charge in [0.25, 0.3) is 5.91 Å². The first kappa shape index (κ1) is 20.4. The number of pyridine rings is 1. The van der Waals surface area contributed by atoms with E-state index < -0.39 is 10.4 Å². The molecule has 3 heterocycles. The van der Waals surface area contributed by atoms with Gasteiger partial charge in [0.15, 0.2) is 16.2 Å². The molecule has 2 aromatic heterocycles. The molecule has 1 aromatic carbocycles. The third-order valence-electron chi connectivity index (χ3n) is 5.16. The van der Waals surface area contributed by atoms with Crippen molar-refractivity contribution in [2.75, 3.05) is 26.2 Å². The van der Waals surface area contributed by atoms with Crippen LogP contribution < -0.4 is 0 Å². The molecule has 0 N–H and O–H groups in total. The van der Waals surface area contributed by atoms with Crippen LogP contribution in [0, 0.1) is 13.8 Å². The average Bonchev–Trinajstić information content (AvgIpc) is 3.12. The van der Waals surface area contributed by atoms with Gasteiger partial charge in [0.1, 0.15) is 5.69 Å². The molecule has 156 valence electrons. The van der Waals surface area contributed by atoms with E-state index in [2.05, 4.69) is 10.1 Å². The zero-order valence-corrected chi connectivity index (χ0v) is 17.6. The van der Waals surface area contributed by atoms with Gasteiger partial charge >= 0.3 is 0 Å². The lowest BCUT2D eigenvalue weighted by Gasteiger charge is -2.35. The molecule has 3 aromatic rings. The first-order valence-electron chi connectivity index (χ1n) is 9.61. The van der Waals surface area contributed by atoms with Crippen molar-refractivity contribution in [2.24, 2.45) is 0 Å². The summed E-state index contributed by atoms with van der Waals surface area (Å²) < 4.78 is 32.3. The third-order valence-corrected chi connectivity index (χ3v) is 7.31. The Balaban J connectivity index is 1.47. The van der Waals surface area contributed by atoms with Gasteiger partial charge in [-0.05, 0) is 31.2 Å². The smallest absolute Gasteiger partial charge is 0.253 e. The molecule has 1 atom stereocenters. The van der Waals surface area contributed by atoms with Crippen LogP contribution in [0.5, 0.6) is 0 Å². The summed E-state index contributed by atoms with van der Waals surface area (Å²) in [7, 11) is -3.71. The second kappa shape index (κ2) is 8.10. The molecule has 1 saturated heterocycles. The molecule has 1 unspecified atom stereocenters. The molecule has 4 rings (SSSR count). The molecule has 0 radical (unpaired) electrons. The Morgan fingerprint density at radius 3 is 2.50 bits per heavy atom. The van der Waals surface area contributed by atoms with Crippen molar-refractivity contribution in [3.63, 3.8) is 0 Å². The van der Waals surface area contributed by atoms with Gasteiger partial charge in [0, 0.05) is 37.3 Å². The number of carbonyl (C=O) groups is 1. The van der Waals surface area contributed by atoms with Crippen molar-refractivity contribution in [3.05, 3.63) is 65.7 Å². The Morgan fingerprint density at radius 1 is 1.10 bits per heavy atom. The third kappa shape index (κ3) is 3.79. The largest absolute Gasteiger partial charge is 0.593 e. The standard InChI is InChI=1S/C21H22N4O4S/c1-15-20(16(2)29-23-15)30(27,28)25-12-10-24(11-13-25)21(26)18-7-5-6-17(14-18)19-8-3-4-9-22-19/h3-9,14H,10-13H2,1-2H3. The zero-order chi connectivity index (χ0) is 21.3. The number of carbonyl (C=O) groups excluding carboxylic acids is 1. The molecule has 0 aliphatic carbocycles. The Bertz CT molecular complexity index is 1090. The van der Waals surface area contributed by atoms with E-state index in [9.17, 15) is 13.6 Å². The van der Waals surface area contributed by atoms with Crippen molar-refractivity contribution < 1.29 is 18.1 Å². The van der Waals surface area contributed by atoms with Crippen molar-refractivity contribution >= 4 is 16.3 Å². The monoisotopic (exact) mass is 426 g/mol. The highest BCUT2D eigenvalue weighted by Crippen LogP contribution is 2.29. The molecule has 8 nitrogen and oxygen atoms in total. The molecular weight excluding hydrogens is 404 g/mol. The normalized spacial score (nSPS) is 17.0. The van der Waals surface area contributed by atoms with Gasteiger partial charge in [0.05, 0.1) is 18.8 Å². The minimum Gasteiger partial charge on any atom is -0.593 e. The number of rotatable bonds is 4.